The quantitative estimate of drug-likeness (QED) is 0.173. The molecule has 0 amide bonds. The molecule has 0 atom stereocenters. The number of thiophene rings is 1. The van der Waals surface area contributed by atoms with E-state index in [0.717, 1.165) is 62.1 Å². The molecule has 556 valence electrons. The van der Waals surface area contributed by atoms with E-state index in [1.165, 1.54) is 166 Å². The summed E-state index contributed by atoms with van der Waals surface area (Å²) in [6, 6.07) is 61.0. The van der Waals surface area contributed by atoms with Crippen molar-refractivity contribution in [3.63, 3.8) is 0 Å². The number of aromatic nitrogens is 1. The lowest BCUT2D eigenvalue weighted by Crippen LogP contribution is -2.15. The Labute approximate surface area is 640 Å². The summed E-state index contributed by atoms with van der Waals surface area (Å²) >= 11 is 1.93. The van der Waals surface area contributed by atoms with Gasteiger partial charge in [0.25, 0.3) is 0 Å². The van der Waals surface area contributed by atoms with Crippen LogP contribution in [0.15, 0.2) is 183 Å². The Morgan fingerprint density at radius 3 is 1.16 bits per heavy atom. The molecule has 0 unspecified atom stereocenters. The average Bonchev–Trinajstić information content (AvgIpc) is 1.47. The Morgan fingerprint density at radius 2 is 0.717 bits per heavy atom. The number of aryl methyl sites for hydroxylation is 7. The van der Waals surface area contributed by atoms with Gasteiger partial charge in [0.05, 0.1) is 0 Å². The van der Waals surface area contributed by atoms with Crippen LogP contribution in [0.25, 0.3) is 86.6 Å². The van der Waals surface area contributed by atoms with Crippen LogP contribution in [0, 0.1) is 48.5 Å². The predicted octanol–water partition coefficient (Wildman–Crippen LogP) is 31.2. The first kappa shape index (κ1) is 78.8. The Morgan fingerprint density at radius 1 is 0.321 bits per heavy atom. The van der Waals surface area contributed by atoms with Gasteiger partial charge < -0.3 is 13.3 Å². The maximum absolute atomic E-state index is 6.09. The van der Waals surface area contributed by atoms with Gasteiger partial charge in [-0.15, -0.1) is 11.3 Å². The van der Waals surface area contributed by atoms with Crippen molar-refractivity contribution in [3.8, 4) is 0 Å². The lowest BCUT2D eigenvalue weighted by molar-refractivity contribution is 0.426. The van der Waals surface area contributed by atoms with Crippen molar-refractivity contribution in [2.75, 3.05) is 0 Å². The third-order valence-electron chi connectivity index (χ3n) is 22.3. The molecule has 0 radical (unpaired) electrons. The molecule has 2 fully saturated rings. The lowest BCUT2D eigenvalue weighted by Gasteiger charge is -2.29. The molecular weight excluding hydrogens is 1310 g/mol. The van der Waals surface area contributed by atoms with E-state index >= 15 is 0 Å². The number of rotatable bonds is 2. The topological polar surface area (TPSA) is 52.3 Å². The standard InChI is InChI=1S/C21H28.C20H26.C17H19NO.C17H18O.C13H16O.C13H16S/c1-15-17-12-8-9-13-18(17)19(14-20(15)21(2,3)4)16-10-6-5-7-11-16;1-14-16-11-7-8-12-17(16)18(15-9-5-6-10-15)13-19(14)20(2,3)4;1-10-6-8-12-13-9-7-11(2)18-16(13)19-15(12)14(10)17(3,4)5;1-11-9-10-13-12-7-5-6-8-14(12)18-16(13)15(11)17(2,3)4;2*1-9-10-7-5-6-8-11(10)14-12(9)13(2,3)4/h8-9,12-14,16H,5-7,10-11H2,1-4H3;7-8,11-13,15H,5-6,9-10H2,1-4H3;6-9H,1-5H3;5-10H,1-4H3;2*5-8H,1-4H3. The van der Waals surface area contributed by atoms with Crippen molar-refractivity contribution in [2.45, 2.75) is 275 Å². The zero-order valence-corrected chi connectivity index (χ0v) is 70.1. The predicted molar refractivity (Wildman–Crippen MR) is 464 cm³/mol. The summed E-state index contributed by atoms with van der Waals surface area (Å²) in [6.45, 7) is 56.1. The molecule has 0 aliphatic heterocycles. The van der Waals surface area contributed by atoms with Crippen LogP contribution in [-0.4, -0.2) is 4.98 Å². The highest BCUT2D eigenvalue weighted by Crippen LogP contribution is 2.46. The second kappa shape index (κ2) is 31.1. The Balaban J connectivity index is 0.000000128. The fourth-order valence-corrected chi connectivity index (χ4v) is 18.7. The van der Waals surface area contributed by atoms with E-state index < -0.39 is 0 Å². The summed E-state index contributed by atoms with van der Waals surface area (Å²) in [5, 5.41) is 13.3. The maximum atomic E-state index is 6.09. The van der Waals surface area contributed by atoms with Crippen molar-refractivity contribution >= 4 is 97.9 Å². The van der Waals surface area contributed by atoms with Crippen molar-refractivity contribution in [1.82, 2.24) is 4.98 Å². The highest BCUT2D eigenvalue weighted by molar-refractivity contribution is 7.19. The van der Waals surface area contributed by atoms with Crippen LogP contribution in [0.4, 0.5) is 0 Å². The zero-order chi connectivity index (χ0) is 76.8. The molecule has 9 aromatic carbocycles. The second-order valence-corrected chi connectivity index (χ2v) is 38.1. The fourth-order valence-electron chi connectivity index (χ4n) is 17.4. The lowest BCUT2D eigenvalue weighted by atomic mass is 9.76. The van der Waals surface area contributed by atoms with E-state index in [1.54, 1.807) is 11.1 Å². The largest absolute Gasteiger partial charge is 0.460 e. The van der Waals surface area contributed by atoms with E-state index in [4.69, 9.17) is 13.3 Å². The van der Waals surface area contributed by atoms with Gasteiger partial charge in [-0.3, -0.25) is 0 Å². The van der Waals surface area contributed by atoms with Gasteiger partial charge in [-0.1, -0.05) is 296 Å². The molecule has 0 saturated heterocycles. The fraction of sp³-hybridized carbons (Fsp3) is 0.416. The molecule has 2 aliphatic carbocycles. The molecule has 0 bridgehead atoms. The number of nitrogens with zero attached hydrogens (tertiary/aromatic N) is 1. The molecule has 0 N–H and O–H groups in total. The molecule has 16 rings (SSSR count). The molecular formula is C101H123NO3S. The summed E-state index contributed by atoms with van der Waals surface area (Å²) in [5.41, 5.74) is 23.8. The zero-order valence-electron chi connectivity index (χ0n) is 69.3. The number of benzene rings is 9. The van der Waals surface area contributed by atoms with Crippen molar-refractivity contribution in [3.05, 3.63) is 253 Å². The van der Waals surface area contributed by atoms with Crippen LogP contribution in [0.2, 0.25) is 0 Å². The van der Waals surface area contributed by atoms with Crippen LogP contribution in [0.1, 0.15) is 277 Å². The van der Waals surface area contributed by atoms with Crippen LogP contribution in [0.3, 0.4) is 0 Å². The van der Waals surface area contributed by atoms with Crippen molar-refractivity contribution < 1.29 is 13.3 Å². The third-order valence-corrected chi connectivity index (χ3v) is 24.0. The van der Waals surface area contributed by atoms with Crippen LogP contribution in [-0.2, 0) is 32.5 Å². The Bertz CT molecular complexity index is 5330. The minimum absolute atomic E-state index is 0.0620. The SMILES string of the molecule is Cc1c(C(C)(C)C)cc(C2CCCC2)c2ccccc12.Cc1c(C(C)(C)C)cc(C2CCCCC2)c2ccccc12.Cc1c(C(C)(C)C)oc2ccccc12.Cc1c(C(C)(C)C)sc2ccccc12.Cc1ccc2c(n1)oc1c(C(C)(C)C)c(C)ccc12.Cc1ccc2c(oc3ccccc32)c1C(C)(C)C. The molecule has 5 heterocycles. The number of furan rings is 3. The minimum Gasteiger partial charge on any atom is -0.460 e. The monoisotopic (exact) mass is 1430 g/mol. The van der Waals surface area contributed by atoms with Crippen molar-refractivity contribution in [1.29, 1.82) is 0 Å². The molecule has 2 saturated carbocycles. The van der Waals surface area contributed by atoms with Gasteiger partial charge in [0.2, 0.25) is 5.71 Å². The first-order valence-corrected chi connectivity index (χ1v) is 40.4. The average molecular weight is 1430 g/mol. The maximum Gasteiger partial charge on any atom is 0.227 e. The molecule has 5 aromatic heterocycles. The van der Waals surface area contributed by atoms with E-state index in [0.29, 0.717) is 0 Å². The second-order valence-electron chi connectivity index (χ2n) is 37.1. The summed E-state index contributed by atoms with van der Waals surface area (Å²) in [4.78, 5) is 6.01. The number of hydrogen-bond donors (Lipinski definition) is 0. The molecule has 106 heavy (non-hydrogen) atoms. The van der Waals surface area contributed by atoms with Crippen LogP contribution < -0.4 is 0 Å². The number of pyridine rings is 1. The summed E-state index contributed by atoms with van der Waals surface area (Å²) in [6.07, 6.45) is 12.5. The smallest absolute Gasteiger partial charge is 0.227 e. The van der Waals surface area contributed by atoms with Gasteiger partial charge in [0, 0.05) is 58.7 Å². The van der Waals surface area contributed by atoms with E-state index in [-0.39, 0.29) is 32.5 Å². The summed E-state index contributed by atoms with van der Waals surface area (Å²) in [5.74, 6) is 2.64. The summed E-state index contributed by atoms with van der Waals surface area (Å²) < 4.78 is 19.4. The van der Waals surface area contributed by atoms with Gasteiger partial charge in [0.1, 0.15) is 28.1 Å². The van der Waals surface area contributed by atoms with Gasteiger partial charge in [-0.05, 0) is 226 Å². The van der Waals surface area contributed by atoms with E-state index in [9.17, 15) is 0 Å². The van der Waals surface area contributed by atoms with E-state index in [2.05, 4.69) is 311 Å². The van der Waals surface area contributed by atoms with Crippen LogP contribution in [0.5, 0.6) is 0 Å². The third kappa shape index (κ3) is 17.0. The molecule has 4 nitrogen and oxygen atoms in total. The number of para-hydroxylation sites is 2. The highest BCUT2D eigenvalue weighted by Gasteiger charge is 2.30. The normalized spacial score (nSPS) is 14.2. The first-order valence-electron chi connectivity index (χ1n) is 39.6. The van der Waals surface area contributed by atoms with E-state index in [1.807, 2.05) is 48.6 Å². The van der Waals surface area contributed by atoms with Gasteiger partial charge in [0.15, 0.2) is 0 Å². The first-order chi connectivity index (χ1) is 49.8. The Hall–Kier alpha value is -8.25. The number of hydrogen-bond acceptors (Lipinski definition) is 5. The Kier molecular flexibility index (Phi) is 23.2. The van der Waals surface area contributed by atoms with Gasteiger partial charge in [-0.25, -0.2) is 4.98 Å². The molecule has 5 heteroatoms. The van der Waals surface area contributed by atoms with Crippen LogP contribution >= 0.6 is 11.3 Å². The number of fused-ring (bicyclic) bond motifs is 10. The minimum atomic E-state index is 0.0620. The molecule has 14 aromatic rings. The summed E-state index contributed by atoms with van der Waals surface area (Å²) in [7, 11) is 0. The van der Waals surface area contributed by atoms with Gasteiger partial charge in [-0.2, -0.15) is 0 Å². The van der Waals surface area contributed by atoms with Gasteiger partial charge >= 0.3 is 0 Å². The highest BCUT2D eigenvalue weighted by atomic mass is 32.1. The van der Waals surface area contributed by atoms with Crippen molar-refractivity contribution in [2.24, 2.45) is 0 Å². The molecule has 0 spiro atoms. The molecule has 2 aliphatic rings.